The van der Waals surface area contributed by atoms with Gasteiger partial charge in [0, 0.05) is 49.6 Å². The Labute approximate surface area is 153 Å². The van der Waals surface area contributed by atoms with Crippen LogP contribution < -0.4 is 10.6 Å². The third-order valence-electron chi connectivity index (χ3n) is 4.91. The summed E-state index contributed by atoms with van der Waals surface area (Å²) in [7, 11) is 0. The van der Waals surface area contributed by atoms with Crippen molar-refractivity contribution in [3.05, 3.63) is 35.8 Å². The molecule has 4 heterocycles. The van der Waals surface area contributed by atoms with E-state index in [9.17, 15) is 4.79 Å². The molecule has 0 radical (unpaired) electrons. The highest BCUT2D eigenvalue weighted by Crippen LogP contribution is 2.26. The van der Waals surface area contributed by atoms with Crippen molar-refractivity contribution in [1.29, 1.82) is 0 Å². The lowest BCUT2D eigenvalue weighted by Crippen LogP contribution is -2.31. The molecule has 7 nitrogen and oxygen atoms in total. The number of carbonyl (C=O) groups is 1. The number of fused-ring (bicyclic) bond motifs is 1. The fourth-order valence-corrected chi connectivity index (χ4v) is 3.65. The first-order valence-corrected chi connectivity index (χ1v) is 9.30. The predicted molar refractivity (Wildman–Crippen MR) is 99.6 cm³/mol. The molecule has 7 heteroatoms. The number of anilines is 1. The molecule has 0 spiro atoms. The molecule has 0 aliphatic carbocycles. The summed E-state index contributed by atoms with van der Waals surface area (Å²) in [6.45, 7) is 5.33. The Hall–Kier alpha value is -2.54. The molecule has 2 aromatic rings. The molecular formula is C19H24N6O. The Morgan fingerprint density at radius 1 is 1.38 bits per heavy atom. The lowest BCUT2D eigenvalue weighted by molar-refractivity contribution is -0.127. The molecule has 0 bridgehead atoms. The van der Waals surface area contributed by atoms with Gasteiger partial charge in [0.1, 0.15) is 5.82 Å². The molecule has 2 aliphatic heterocycles. The van der Waals surface area contributed by atoms with Gasteiger partial charge in [-0.15, -0.1) is 0 Å². The molecule has 1 fully saturated rings. The molecule has 2 aliphatic rings. The summed E-state index contributed by atoms with van der Waals surface area (Å²) in [4.78, 5) is 27.8. The zero-order valence-electron chi connectivity index (χ0n) is 15.0. The number of nitrogens with one attached hydrogen (secondary N) is 2. The van der Waals surface area contributed by atoms with E-state index in [0.29, 0.717) is 12.2 Å². The maximum atomic E-state index is 12.2. The molecule has 136 valence electrons. The summed E-state index contributed by atoms with van der Waals surface area (Å²) >= 11 is 0. The van der Waals surface area contributed by atoms with E-state index >= 15 is 0 Å². The van der Waals surface area contributed by atoms with Crippen LogP contribution in [0.1, 0.15) is 31.0 Å². The van der Waals surface area contributed by atoms with Crippen molar-refractivity contribution in [2.75, 3.05) is 25.0 Å². The first kappa shape index (κ1) is 16.9. The quantitative estimate of drug-likeness (QED) is 0.851. The number of nitrogens with zero attached hydrogens (tertiary/aromatic N) is 4. The van der Waals surface area contributed by atoms with E-state index in [2.05, 4.69) is 22.5 Å². The number of rotatable bonds is 5. The second kappa shape index (κ2) is 7.37. The molecule has 0 aromatic carbocycles. The Morgan fingerprint density at radius 3 is 3.12 bits per heavy atom. The van der Waals surface area contributed by atoms with E-state index < -0.39 is 0 Å². The van der Waals surface area contributed by atoms with Crippen LogP contribution in [0.25, 0.3) is 11.4 Å². The van der Waals surface area contributed by atoms with Crippen molar-refractivity contribution in [2.24, 2.45) is 0 Å². The zero-order valence-corrected chi connectivity index (χ0v) is 15.0. The number of pyridine rings is 1. The standard InChI is InChI=1S/C19H24N6O/c1-2-8-25-12-14(9-17(25)26)22-19-15-5-7-21-11-16(15)23-18(24-19)13-4-3-6-20-10-13/h3-4,6,10,14,21H,2,5,7-9,11-12H2,1H3,(H,22,23,24)/t14-/m0/s1. The van der Waals surface area contributed by atoms with Gasteiger partial charge >= 0.3 is 0 Å². The topological polar surface area (TPSA) is 83.0 Å². The number of amides is 1. The fourth-order valence-electron chi connectivity index (χ4n) is 3.65. The van der Waals surface area contributed by atoms with Gasteiger partial charge in [0.05, 0.1) is 11.7 Å². The van der Waals surface area contributed by atoms with Crippen LogP contribution in [-0.4, -0.2) is 51.4 Å². The maximum Gasteiger partial charge on any atom is 0.224 e. The van der Waals surface area contributed by atoms with Gasteiger partial charge in [0.15, 0.2) is 5.82 Å². The van der Waals surface area contributed by atoms with Crippen LogP contribution in [0.15, 0.2) is 24.5 Å². The molecule has 2 aromatic heterocycles. The van der Waals surface area contributed by atoms with Crippen molar-refractivity contribution in [3.63, 3.8) is 0 Å². The molecule has 1 amide bonds. The molecule has 26 heavy (non-hydrogen) atoms. The monoisotopic (exact) mass is 352 g/mol. The Balaban J connectivity index is 1.63. The van der Waals surface area contributed by atoms with Crippen LogP contribution in [0.4, 0.5) is 5.82 Å². The average molecular weight is 352 g/mol. The Morgan fingerprint density at radius 2 is 2.31 bits per heavy atom. The Bertz CT molecular complexity index is 794. The number of likely N-dealkylation sites (tertiary alicyclic amines) is 1. The smallest absolute Gasteiger partial charge is 0.224 e. The van der Waals surface area contributed by atoms with Crippen molar-refractivity contribution >= 4 is 11.7 Å². The SMILES string of the molecule is CCCN1C[C@@H](Nc2nc(-c3cccnc3)nc3c2CCNC3)CC1=O. The van der Waals surface area contributed by atoms with Gasteiger partial charge in [-0.05, 0) is 31.5 Å². The lowest BCUT2D eigenvalue weighted by Gasteiger charge is -2.23. The number of hydrogen-bond donors (Lipinski definition) is 2. The molecule has 2 N–H and O–H groups in total. The molecule has 0 saturated carbocycles. The summed E-state index contributed by atoms with van der Waals surface area (Å²) in [5.74, 6) is 1.77. The van der Waals surface area contributed by atoms with Crippen molar-refractivity contribution in [1.82, 2.24) is 25.2 Å². The van der Waals surface area contributed by atoms with E-state index in [0.717, 1.165) is 61.7 Å². The summed E-state index contributed by atoms with van der Waals surface area (Å²) in [6.07, 6.45) is 5.93. The van der Waals surface area contributed by atoms with Gasteiger partial charge in [0.2, 0.25) is 5.91 Å². The van der Waals surface area contributed by atoms with Gasteiger partial charge in [-0.2, -0.15) is 0 Å². The number of hydrogen-bond acceptors (Lipinski definition) is 6. The normalized spacial score (nSPS) is 19.5. The van der Waals surface area contributed by atoms with Crippen LogP contribution in [-0.2, 0) is 17.8 Å². The third kappa shape index (κ3) is 3.39. The number of carbonyl (C=O) groups excluding carboxylic acids is 1. The summed E-state index contributed by atoms with van der Waals surface area (Å²) in [5, 5.41) is 6.91. The highest BCUT2D eigenvalue weighted by atomic mass is 16.2. The van der Waals surface area contributed by atoms with Crippen molar-refractivity contribution in [2.45, 2.75) is 38.8 Å². The first-order valence-electron chi connectivity index (χ1n) is 9.30. The maximum absolute atomic E-state index is 12.2. The zero-order chi connectivity index (χ0) is 17.9. The van der Waals surface area contributed by atoms with Crippen LogP contribution in [0.3, 0.4) is 0 Å². The number of aromatic nitrogens is 3. The van der Waals surface area contributed by atoms with Gasteiger partial charge in [-0.25, -0.2) is 9.97 Å². The van der Waals surface area contributed by atoms with Crippen LogP contribution in [0.2, 0.25) is 0 Å². The highest BCUT2D eigenvalue weighted by molar-refractivity contribution is 5.80. The molecule has 0 unspecified atom stereocenters. The summed E-state index contributed by atoms with van der Waals surface area (Å²) in [5.41, 5.74) is 3.10. The van der Waals surface area contributed by atoms with E-state index in [1.54, 1.807) is 12.4 Å². The van der Waals surface area contributed by atoms with Crippen molar-refractivity contribution in [3.8, 4) is 11.4 Å². The van der Waals surface area contributed by atoms with Gasteiger partial charge in [-0.1, -0.05) is 6.92 Å². The van der Waals surface area contributed by atoms with E-state index in [-0.39, 0.29) is 11.9 Å². The minimum atomic E-state index is 0.102. The van der Waals surface area contributed by atoms with E-state index in [1.807, 2.05) is 17.0 Å². The van der Waals surface area contributed by atoms with Crippen LogP contribution in [0, 0.1) is 0 Å². The fraction of sp³-hybridized carbons (Fsp3) is 0.474. The largest absolute Gasteiger partial charge is 0.365 e. The molecule has 1 saturated heterocycles. The molecular weight excluding hydrogens is 328 g/mol. The highest BCUT2D eigenvalue weighted by Gasteiger charge is 2.30. The van der Waals surface area contributed by atoms with Gasteiger partial charge in [0.25, 0.3) is 0 Å². The average Bonchev–Trinajstić information content (AvgIpc) is 3.02. The minimum absolute atomic E-state index is 0.102. The van der Waals surface area contributed by atoms with Crippen LogP contribution >= 0.6 is 0 Å². The second-order valence-electron chi connectivity index (χ2n) is 6.87. The molecule has 4 rings (SSSR count). The Kier molecular flexibility index (Phi) is 4.79. The lowest BCUT2D eigenvalue weighted by atomic mass is 10.1. The minimum Gasteiger partial charge on any atom is -0.365 e. The summed E-state index contributed by atoms with van der Waals surface area (Å²) in [6, 6.07) is 3.96. The van der Waals surface area contributed by atoms with Crippen molar-refractivity contribution < 1.29 is 4.79 Å². The van der Waals surface area contributed by atoms with E-state index in [1.165, 1.54) is 0 Å². The third-order valence-corrected chi connectivity index (χ3v) is 4.91. The van der Waals surface area contributed by atoms with Gasteiger partial charge in [-0.3, -0.25) is 9.78 Å². The van der Waals surface area contributed by atoms with E-state index in [4.69, 9.17) is 9.97 Å². The first-order chi connectivity index (χ1) is 12.7. The summed E-state index contributed by atoms with van der Waals surface area (Å²) < 4.78 is 0. The molecule has 1 atom stereocenters. The predicted octanol–water partition coefficient (Wildman–Crippen LogP) is 1.61. The van der Waals surface area contributed by atoms with Crippen LogP contribution in [0.5, 0.6) is 0 Å². The second-order valence-corrected chi connectivity index (χ2v) is 6.87. The van der Waals surface area contributed by atoms with Gasteiger partial charge < -0.3 is 15.5 Å².